The second-order valence-electron chi connectivity index (χ2n) is 8.89. The van der Waals surface area contributed by atoms with Gasteiger partial charge in [-0.25, -0.2) is 4.98 Å². The number of hydrogen-bond donors (Lipinski definition) is 1. The van der Waals surface area contributed by atoms with Crippen LogP contribution >= 0.6 is 0 Å². The minimum absolute atomic E-state index is 0.0305. The van der Waals surface area contributed by atoms with Crippen LogP contribution in [0.3, 0.4) is 0 Å². The SMILES string of the molecule is CC(=O)c1nn(CC(=O)N2CCC[C@H]2C(=O)Nc2cccc(C)n2)c2ccc(C(C)C)cc12. The fourth-order valence-electron chi connectivity index (χ4n) is 4.32. The monoisotopic (exact) mass is 447 g/mol. The molecule has 1 saturated heterocycles. The van der Waals surface area contributed by atoms with Gasteiger partial charge in [-0.15, -0.1) is 0 Å². The van der Waals surface area contributed by atoms with Gasteiger partial charge in [-0.3, -0.25) is 19.1 Å². The molecular weight excluding hydrogens is 418 g/mol. The van der Waals surface area contributed by atoms with Crippen LogP contribution in [-0.2, 0) is 16.1 Å². The minimum atomic E-state index is -0.554. The minimum Gasteiger partial charge on any atom is -0.329 e. The van der Waals surface area contributed by atoms with Crippen molar-refractivity contribution in [3.8, 4) is 0 Å². The second-order valence-corrected chi connectivity index (χ2v) is 8.89. The average Bonchev–Trinajstić information content (AvgIpc) is 3.39. The number of aromatic nitrogens is 3. The highest BCUT2D eigenvalue weighted by atomic mass is 16.2. The van der Waals surface area contributed by atoms with Gasteiger partial charge in [0, 0.05) is 24.5 Å². The van der Waals surface area contributed by atoms with Gasteiger partial charge in [0.1, 0.15) is 24.1 Å². The zero-order valence-corrected chi connectivity index (χ0v) is 19.5. The van der Waals surface area contributed by atoms with E-state index in [1.165, 1.54) is 6.92 Å². The lowest BCUT2D eigenvalue weighted by molar-refractivity contribution is -0.137. The van der Waals surface area contributed by atoms with Crippen LogP contribution in [0.5, 0.6) is 0 Å². The van der Waals surface area contributed by atoms with Gasteiger partial charge in [-0.2, -0.15) is 5.10 Å². The summed E-state index contributed by atoms with van der Waals surface area (Å²) >= 11 is 0. The fourth-order valence-corrected chi connectivity index (χ4v) is 4.32. The van der Waals surface area contributed by atoms with Crippen LogP contribution in [0.25, 0.3) is 10.9 Å². The lowest BCUT2D eigenvalue weighted by Gasteiger charge is -2.24. The molecule has 3 aromatic rings. The molecule has 1 aromatic carbocycles. The molecule has 8 heteroatoms. The number of pyridine rings is 1. The highest BCUT2D eigenvalue weighted by Gasteiger charge is 2.34. The standard InChI is InChI=1S/C25H29N5O3/c1-15(2)18-10-11-20-19(13-18)24(17(4)31)28-30(20)14-23(32)29-12-6-8-21(29)25(33)27-22-9-5-7-16(3)26-22/h5,7,9-11,13,15,21H,6,8,12,14H2,1-4H3,(H,26,27,33)/t21-/m0/s1. The Morgan fingerprint density at radius 2 is 1.97 bits per heavy atom. The molecule has 1 aliphatic heterocycles. The van der Waals surface area contributed by atoms with E-state index >= 15 is 0 Å². The van der Waals surface area contributed by atoms with Gasteiger partial charge in [-0.05, 0) is 55.5 Å². The molecule has 33 heavy (non-hydrogen) atoms. The number of carbonyl (C=O) groups excluding carboxylic acids is 3. The van der Waals surface area contributed by atoms with Crippen molar-refractivity contribution in [1.82, 2.24) is 19.7 Å². The number of benzene rings is 1. The van der Waals surface area contributed by atoms with E-state index in [1.54, 1.807) is 15.6 Å². The summed E-state index contributed by atoms with van der Waals surface area (Å²) in [6.07, 6.45) is 1.35. The molecule has 0 spiro atoms. The lowest BCUT2D eigenvalue weighted by atomic mass is 10.0. The van der Waals surface area contributed by atoms with E-state index in [1.807, 2.05) is 37.3 Å². The lowest BCUT2D eigenvalue weighted by Crippen LogP contribution is -2.44. The second kappa shape index (κ2) is 9.13. The third-order valence-electron chi connectivity index (χ3n) is 6.08. The number of ketones is 1. The van der Waals surface area contributed by atoms with E-state index in [4.69, 9.17) is 0 Å². The van der Waals surface area contributed by atoms with Crippen LogP contribution in [0, 0.1) is 6.92 Å². The number of fused-ring (bicyclic) bond motifs is 1. The van der Waals surface area contributed by atoms with Gasteiger partial charge in [-0.1, -0.05) is 26.0 Å². The largest absolute Gasteiger partial charge is 0.329 e. The Bertz CT molecular complexity index is 1230. The van der Waals surface area contributed by atoms with Crippen LogP contribution in [0.1, 0.15) is 61.3 Å². The number of amides is 2. The maximum Gasteiger partial charge on any atom is 0.248 e. The topological polar surface area (TPSA) is 97.2 Å². The Kier molecular flexibility index (Phi) is 6.26. The third-order valence-corrected chi connectivity index (χ3v) is 6.08. The number of likely N-dealkylation sites (tertiary alicyclic amines) is 1. The predicted molar refractivity (Wildman–Crippen MR) is 126 cm³/mol. The van der Waals surface area contributed by atoms with Gasteiger partial charge in [0.05, 0.1) is 5.52 Å². The van der Waals surface area contributed by atoms with Crippen LogP contribution in [0.4, 0.5) is 5.82 Å². The number of rotatable bonds is 6. The van der Waals surface area contributed by atoms with Gasteiger partial charge in [0.2, 0.25) is 11.8 Å². The van der Waals surface area contributed by atoms with Gasteiger partial charge >= 0.3 is 0 Å². The van der Waals surface area contributed by atoms with Gasteiger partial charge in [0.15, 0.2) is 5.78 Å². The summed E-state index contributed by atoms with van der Waals surface area (Å²) in [6.45, 7) is 8.00. The number of Topliss-reactive ketones (excluding diaryl/α,β-unsaturated/α-hetero) is 1. The van der Waals surface area contributed by atoms with Crippen LogP contribution in [-0.4, -0.2) is 49.8 Å². The molecule has 0 aliphatic carbocycles. The molecule has 1 N–H and O–H groups in total. The first-order valence-electron chi connectivity index (χ1n) is 11.3. The zero-order chi connectivity index (χ0) is 23.7. The molecule has 3 heterocycles. The molecule has 1 fully saturated rings. The van der Waals surface area contributed by atoms with Crippen LogP contribution in [0.2, 0.25) is 0 Å². The predicted octanol–water partition coefficient (Wildman–Crippen LogP) is 3.70. The summed E-state index contributed by atoms with van der Waals surface area (Å²) in [7, 11) is 0. The van der Waals surface area contributed by atoms with Crippen LogP contribution < -0.4 is 5.32 Å². The van der Waals surface area contributed by atoms with E-state index in [9.17, 15) is 14.4 Å². The highest BCUT2D eigenvalue weighted by molar-refractivity contribution is 6.05. The van der Waals surface area contributed by atoms with Gasteiger partial charge < -0.3 is 10.2 Å². The normalized spacial score (nSPS) is 15.9. The Balaban J connectivity index is 1.56. The van der Waals surface area contributed by atoms with E-state index in [0.29, 0.717) is 30.4 Å². The molecule has 8 nitrogen and oxygen atoms in total. The summed E-state index contributed by atoms with van der Waals surface area (Å²) in [5, 5.41) is 8.04. The zero-order valence-electron chi connectivity index (χ0n) is 19.5. The number of carbonyl (C=O) groups is 3. The van der Waals surface area contributed by atoms with Gasteiger partial charge in [0.25, 0.3) is 0 Å². The Morgan fingerprint density at radius 3 is 2.67 bits per heavy atom. The summed E-state index contributed by atoms with van der Waals surface area (Å²) in [4.78, 5) is 44.2. The van der Waals surface area contributed by atoms with E-state index in [2.05, 4.69) is 29.2 Å². The van der Waals surface area contributed by atoms with Crippen molar-refractivity contribution in [2.75, 3.05) is 11.9 Å². The first-order valence-corrected chi connectivity index (χ1v) is 11.3. The van der Waals surface area contributed by atoms with Crippen molar-refractivity contribution in [3.63, 3.8) is 0 Å². The third kappa shape index (κ3) is 4.65. The molecule has 0 radical (unpaired) electrons. The summed E-state index contributed by atoms with van der Waals surface area (Å²) in [6, 6.07) is 10.8. The fraction of sp³-hybridized carbons (Fsp3) is 0.400. The first kappa shape index (κ1) is 22.6. The number of anilines is 1. The van der Waals surface area contributed by atoms with Crippen LogP contribution in [0.15, 0.2) is 36.4 Å². The quantitative estimate of drug-likeness (QED) is 0.581. The maximum absolute atomic E-state index is 13.2. The molecule has 0 unspecified atom stereocenters. The molecule has 2 amide bonds. The van der Waals surface area contributed by atoms with E-state index in [-0.39, 0.29) is 24.1 Å². The molecule has 2 aromatic heterocycles. The number of hydrogen-bond acceptors (Lipinski definition) is 5. The highest BCUT2D eigenvalue weighted by Crippen LogP contribution is 2.26. The van der Waals surface area contributed by atoms with Crippen molar-refractivity contribution in [3.05, 3.63) is 53.3 Å². The molecule has 1 atom stereocenters. The molecule has 0 saturated carbocycles. The van der Waals surface area contributed by atoms with Crippen molar-refractivity contribution in [2.45, 2.75) is 59.0 Å². The molecule has 4 rings (SSSR count). The Hall–Kier alpha value is -3.55. The molecule has 172 valence electrons. The van der Waals surface area contributed by atoms with E-state index in [0.717, 1.165) is 28.6 Å². The number of nitrogens with one attached hydrogen (secondary N) is 1. The first-order chi connectivity index (χ1) is 15.7. The van der Waals surface area contributed by atoms with Crippen molar-refractivity contribution >= 4 is 34.3 Å². The van der Waals surface area contributed by atoms with E-state index < -0.39 is 6.04 Å². The summed E-state index contributed by atoms with van der Waals surface area (Å²) < 4.78 is 1.58. The molecule has 1 aliphatic rings. The van der Waals surface area contributed by atoms with Crippen molar-refractivity contribution < 1.29 is 14.4 Å². The average molecular weight is 448 g/mol. The summed E-state index contributed by atoms with van der Waals surface area (Å²) in [5.74, 6) is 0.208. The number of aryl methyl sites for hydroxylation is 1. The van der Waals surface area contributed by atoms with Crippen molar-refractivity contribution in [2.24, 2.45) is 0 Å². The summed E-state index contributed by atoms with van der Waals surface area (Å²) in [5.41, 5.74) is 3.01. The smallest absolute Gasteiger partial charge is 0.248 e. The van der Waals surface area contributed by atoms with Crippen molar-refractivity contribution in [1.29, 1.82) is 0 Å². The Labute approximate surface area is 193 Å². The molecular formula is C25H29N5O3. The molecule has 0 bridgehead atoms. The maximum atomic E-state index is 13.2. The Morgan fingerprint density at radius 1 is 1.18 bits per heavy atom. The number of nitrogens with zero attached hydrogens (tertiary/aromatic N) is 4.